The zero-order valence-electron chi connectivity index (χ0n) is 14.7. The summed E-state index contributed by atoms with van der Waals surface area (Å²) in [5.74, 6) is -0.617. The zero-order valence-corrected chi connectivity index (χ0v) is 15.5. The number of aromatic nitrogens is 1. The van der Waals surface area contributed by atoms with Gasteiger partial charge in [-0.25, -0.2) is 4.79 Å². The molecule has 1 N–H and O–H groups in total. The minimum atomic E-state index is -0.416. The molecule has 1 amide bonds. The molecule has 1 aromatic heterocycles. The van der Waals surface area contributed by atoms with Gasteiger partial charge in [-0.05, 0) is 67.3 Å². The van der Waals surface area contributed by atoms with E-state index < -0.39 is 5.97 Å². The molecule has 6 heteroatoms. The van der Waals surface area contributed by atoms with Gasteiger partial charge in [-0.2, -0.15) is 0 Å². The Morgan fingerprint density at radius 2 is 1.89 bits per heavy atom. The number of pyridine rings is 1. The van der Waals surface area contributed by atoms with Gasteiger partial charge in [0.15, 0.2) is 0 Å². The van der Waals surface area contributed by atoms with Gasteiger partial charge in [-0.1, -0.05) is 11.6 Å². The molecule has 2 aromatic carbocycles. The molecule has 1 aliphatic carbocycles. The molecule has 5 nitrogen and oxygen atoms in total. The van der Waals surface area contributed by atoms with E-state index in [9.17, 15) is 9.59 Å². The Bertz CT molecular complexity index is 1060. The smallest absolute Gasteiger partial charge is 0.337 e. The average Bonchev–Trinajstić information content (AvgIpc) is 3.14. The van der Waals surface area contributed by atoms with Crippen LogP contribution in [0.4, 0.5) is 5.69 Å². The summed E-state index contributed by atoms with van der Waals surface area (Å²) in [7, 11) is 1.33. The monoisotopic (exact) mass is 380 g/mol. The highest BCUT2D eigenvalue weighted by Gasteiger charge is 2.24. The Morgan fingerprint density at radius 1 is 1.11 bits per heavy atom. The number of nitrogens with one attached hydrogen (secondary N) is 1. The van der Waals surface area contributed by atoms with E-state index >= 15 is 0 Å². The van der Waals surface area contributed by atoms with E-state index in [-0.39, 0.29) is 5.91 Å². The number of nitrogens with zero attached hydrogens (tertiary/aromatic N) is 1. The minimum Gasteiger partial charge on any atom is -0.465 e. The molecule has 4 rings (SSSR count). The van der Waals surface area contributed by atoms with Crippen molar-refractivity contribution >= 4 is 40.1 Å². The molecule has 0 spiro atoms. The first-order valence-electron chi connectivity index (χ1n) is 8.67. The molecular formula is C21H17ClN2O3. The van der Waals surface area contributed by atoms with Crippen LogP contribution >= 0.6 is 11.6 Å². The zero-order chi connectivity index (χ0) is 19.0. The molecule has 0 radical (unpaired) electrons. The number of hydrogen-bond donors (Lipinski definition) is 1. The number of esters is 1. The van der Waals surface area contributed by atoms with Crippen LogP contribution in [0.25, 0.3) is 10.9 Å². The number of rotatable bonds is 3. The van der Waals surface area contributed by atoms with Gasteiger partial charge in [0.25, 0.3) is 5.91 Å². The quantitative estimate of drug-likeness (QED) is 0.683. The first kappa shape index (κ1) is 17.5. The summed E-state index contributed by atoms with van der Waals surface area (Å²) < 4.78 is 4.69. The number of amides is 1. The Hall–Kier alpha value is -2.92. The lowest BCUT2D eigenvalue weighted by molar-refractivity contribution is 0.0600. The van der Waals surface area contributed by atoms with E-state index in [1.807, 2.05) is 6.07 Å². The van der Waals surface area contributed by atoms with Gasteiger partial charge < -0.3 is 10.1 Å². The maximum Gasteiger partial charge on any atom is 0.337 e. The minimum absolute atomic E-state index is 0.200. The van der Waals surface area contributed by atoms with Crippen molar-refractivity contribution < 1.29 is 14.3 Å². The molecule has 0 unspecified atom stereocenters. The highest BCUT2D eigenvalue weighted by atomic mass is 35.5. The number of ether oxygens (including phenoxy) is 1. The normalized spacial score (nSPS) is 12.7. The fraction of sp³-hybridized carbons (Fsp3) is 0.190. The van der Waals surface area contributed by atoms with Crippen LogP contribution in [-0.2, 0) is 17.6 Å². The summed E-state index contributed by atoms with van der Waals surface area (Å²) in [6, 6.07) is 12.0. The first-order chi connectivity index (χ1) is 13.1. The van der Waals surface area contributed by atoms with Gasteiger partial charge in [-0.15, -0.1) is 0 Å². The van der Waals surface area contributed by atoms with Crippen LogP contribution < -0.4 is 5.32 Å². The summed E-state index contributed by atoms with van der Waals surface area (Å²) in [6.45, 7) is 0. The molecule has 0 bridgehead atoms. The fourth-order valence-electron chi connectivity index (χ4n) is 3.49. The lowest BCUT2D eigenvalue weighted by Crippen LogP contribution is -2.16. The van der Waals surface area contributed by atoms with E-state index in [4.69, 9.17) is 21.3 Å². The van der Waals surface area contributed by atoms with Crippen LogP contribution in [0.3, 0.4) is 0 Å². The second-order valence-corrected chi connectivity index (χ2v) is 6.89. The van der Waals surface area contributed by atoms with Crippen LogP contribution in [0.2, 0.25) is 5.02 Å². The van der Waals surface area contributed by atoms with Gasteiger partial charge in [0.05, 0.1) is 23.8 Å². The summed E-state index contributed by atoms with van der Waals surface area (Å²) in [5, 5.41) is 4.25. The average molecular weight is 381 g/mol. The Morgan fingerprint density at radius 3 is 2.63 bits per heavy atom. The number of anilines is 1. The third-order valence-corrected chi connectivity index (χ3v) is 5.00. The van der Waals surface area contributed by atoms with E-state index in [0.29, 0.717) is 21.8 Å². The summed E-state index contributed by atoms with van der Waals surface area (Å²) in [5.41, 5.74) is 4.41. The van der Waals surface area contributed by atoms with Crippen molar-refractivity contribution in [3.8, 4) is 0 Å². The van der Waals surface area contributed by atoms with E-state index in [1.165, 1.54) is 7.11 Å². The van der Waals surface area contributed by atoms with Crippen LogP contribution in [0.15, 0.2) is 42.5 Å². The van der Waals surface area contributed by atoms with E-state index in [2.05, 4.69) is 5.32 Å². The molecule has 27 heavy (non-hydrogen) atoms. The predicted octanol–water partition coefficient (Wildman–Crippen LogP) is 4.42. The van der Waals surface area contributed by atoms with E-state index in [1.54, 1.807) is 36.4 Å². The highest BCUT2D eigenvalue weighted by molar-refractivity contribution is 6.31. The predicted molar refractivity (Wildman–Crippen MR) is 105 cm³/mol. The second kappa shape index (κ2) is 7.00. The first-order valence-corrected chi connectivity index (χ1v) is 9.05. The molecular weight excluding hydrogens is 364 g/mol. The molecule has 1 heterocycles. The summed E-state index contributed by atoms with van der Waals surface area (Å²) in [6.07, 6.45) is 2.69. The van der Waals surface area contributed by atoms with Gasteiger partial charge in [-0.3, -0.25) is 9.78 Å². The molecule has 136 valence electrons. The standard InChI is InChI=1S/C21H17ClN2O3/c1-27-21(26)12-5-8-14(9-6-12)23-20(25)19-15-3-2-4-17(15)24-18-10-7-13(22)11-16(18)19/h5-11H,2-4H2,1H3,(H,23,25). The molecule has 0 atom stereocenters. The van der Waals surface area contributed by atoms with Crippen molar-refractivity contribution in [2.24, 2.45) is 0 Å². The number of carbonyl (C=O) groups is 2. The van der Waals surface area contributed by atoms with Crippen LogP contribution in [-0.4, -0.2) is 24.0 Å². The van der Waals surface area contributed by atoms with Crippen molar-refractivity contribution in [2.45, 2.75) is 19.3 Å². The summed E-state index contributed by atoms with van der Waals surface area (Å²) >= 11 is 6.16. The molecule has 3 aromatic rings. The largest absolute Gasteiger partial charge is 0.465 e. The number of fused-ring (bicyclic) bond motifs is 2. The fourth-order valence-corrected chi connectivity index (χ4v) is 3.67. The van der Waals surface area contributed by atoms with Crippen LogP contribution in [0.1, 0.15) is 38.4 Å². The third-order valence-electron chi connectivity index (χ3n) is 4.76. The highest BCUT2D eigenvalue weighted by Crippen LogP contribution is 2.32. The maximum atomic E-state index is 13.1. The topological polar surface area (TPSA) is 68.3 Å². The van der Waals surface area contributed by atoms with E-state index in [0.717, 1.165) is 41.4 Å². The lowest BCUT2D eigenvalue weighted by atomic mass is 10.0. The van der Waals surface area contributed by atoms with Gasteiger partial charge >= 0.3 is 5.97 Å². The number of benzene rings is 2. The van der Waals surface area contributed by atoms with Crippen LogP contribution in [0, 0.1) is 0 Å². The Kier molecular flexibility index (Phi) is 4.54. The molecule has 1 aliphatic rings. The van der Waals surface area contributed by atoms with Crippen molar-refractivity contribution in [3.05, 3.63) is 69.9 Å². The number of aryl methyl sites for hydroxylation is 1. The summed E-state index contributed by atoms with van der Waals surface area (Å²) in [4.78, 5) is 29.3. The van der Waals surface area contributed by atoms with Gasteiger partial charge in [0.2, 0.25) is 0 Å². The third kappa shape index (κ3) is 3.26. The number of halogens is 1. The molecule has 0 saturated carbocycles. The number of hydrogen-bond acceptors (Lipinski definition) is 4. The second-order valence-electron chi connectivity index (χ2n) is 6.45. The van der Waals surface area contributed by atoms with Gasteiger partial charge in [0, 0.05) is 21.8 Å². The van der Waals surface area contributed by atoms with Crippen LogP contribution in [0.5, 0.6) is 0 Å². The molecule has 0 aliphatic heterocycles. The van der Waals surface area contributed by atoms with Gasteiger partial charge in [0.1, 0.15) is 0 Å². The van der Waals surface area contributed by atoms with Crippen molar-refractivity contribution in [1.82, 2.24) is 4.98 Å². The van der Waals surface area contributed by atoms with Crippen molar-refractivity contribution in [2.75, 3.05) is 12.4 Å². The number of carbonyl (C=O) groups excluding carboxylic acids is 2. The maximum absolute atomic E-state index is 13.1. The Balaban J connectivity index is 1.72. The Labute approximate surface area is 161 Å². The van der Waals surface area contributed by atoms with Crippen molar-refractivity contribution in [1.29, 1.82) is 0 Å². The molecule has 0 saturated heterocycles. The number of methoxy groups -OCH3 is 1. The van der Waals surface area contributed by atoms with Crippen molar-refractivity contribution in [3.63, 3.8) is 0 Å². The lowest BCUT2D eigenvalue weighted by Gasteiger charge is -2.13. The molecule has 0 fully saturated rings. The SMILES string of the molecule is COC(=O)c1ccc(NC(=O)c2c3c(nc4ccc(Cl)cc24)CCC3)cc1.